The van der Waals surface area contributed by atoms with E-state index in [-0.39, 0.29) is 10.5 Å². The van der Waals surface area contributed by atoms with Gasteiger partial charge >= 0.3 is 0 Å². The van der Waals surface area contributed by atoms with Crippen molar-refractivity contribution in [2.75, 3.05) is 13.1 Å². The largest absolute Gasteiger partial charge is 0.274 e. The molecule has 6 aromatic rings. The molecule has 0 radical (unpaired) electrons. The van der Waals surface area contributed by atoms with E-state index in [0.29, 0.717) is 39.4 Å². The van der Waals surface area contributed by atoms with Crippen LogP contribution in [-0.2, 0) is 10.0 Å². The molecule has 0 spiro atoms. The molecule has 200 valence electrons. The number of fused-ring (bicyclic) bond motifs is 3. The van der Waals surface area contributed by atoms with Crippen LogP contribution in [0.15, 0.2) is 94.7 Å². The van der Waals surface area contributed by atoms with E-state index in [1.54, 1.807) is 31.6 Å². The Morgan fingerprint density at radius 3 is 2.48 bits per heavy atom. The van der Waals surface area contributed by atoms with Crippen molar-refractivity contribution in [3.63, 3.8) is 0 Å². The van der Waals surface area contributed by atoms with Crippen LogP contribution in [0, 0.1) is 0 Å². The third-order valence-corrected chi connectivity index (χ3v) is 10.1. The second kappa shape index (κ2) is 9.81. The molecule has 3 aromatic carbocycles. The lowest BCUT2D eigenvalue weighted by atomic mass is 10.1. The van der Waals surface area contributed by atoms with Crippen molar-refractivity contribution < 1.29 is 8.42 Å². The summed E-state index contributed by atoms with van der Waals surface area (Å²) in [6.07, 6.45) is 6.49. The number of imidazole rings is 1. The minimum Gasteiger partial charge on any atom is -0.267 e. The van der Waals surface area contributed by atoms with Crippen molar-refractivity contribution in [2.45, 2.75) is 24.2 Å². The van der Waals surface area contributed by atoms with Crippen molar-refractivity contribution in [1.29, 1.82) is 0 Å². The summed E-state index contributed by atoms with van der Waals surface area (Å²) < 4.78 is 32.4. The summed E-state index contributed by atoms with van der Waals surface area (Å²) in [6.45, 7) is 1.07. The Morgan fingerprint density at radius 1 is 0.875 bits per heavy atom. The molecule has 1 aliphatic rings. The molecule has 0 amide bonds. The van der Waals surface area contributed by atoms with Crippen LogP contribution < -0.4 is 10.1 Å². The van der Waals surface area contributed by atoms with E-state index in [2.05, 4.69) is 4.98 Å². The smallest absolute Gasteiger partial charge is 0.267 e. The minimum atomic E-state index is -3.62. The topological polar surface area (TPSA) is 89.6 Å². The monoisotopic (exact) mass is 567 g/mol. The lowest BCUT2D eigenvalue weighted by Gasteiger charge is -2.26. The number of sulfonamides is 1. The maximum absolute atomic E-state index is 13.5. The predicted molar refractivity (Wildman–Crippen MR) is 157 cm³/mol. The number of aromatic nitrogens is 4. The zero-order valence-electron chi connectivity index (χ0n) is 21.5. The molecule has 4 heterocycles. The van der Waals surface area contributed by atoms with Gasteiger partial charge in [-0.15, -0.1) is 0 Å². The van der Waals surface area contributed by atoms with Gasteiger partial charge in [0.2, 0.25) is 10.0 Å². The van der Waals surface area contributed by atoms with Crippen molar-refractivity contribution >= 4 is 43.4 Å². The summed E-state index contributed by atoms with van der Waals surface area (Å²) in [5.74, 6) is 0. The fraction of sp³-hybridized carbons (Fsp3) is 0.167. The minimum absolute atomic E-state index is 0.145. The number of rotatable bonds is 5. The third-order valence-electron chi connectivity index (χ3n) is 7.26. The number of nitrogens with zero attached hydrogens (tertiary/aromatic N) is 5. The lowest BCUT2D eigenvalue weighted by Crippen LogP contribution is -2.35. The van der Waals surface area contributed by atoms with E-state index in [1.807, 2.05) is 72.9 Å². The van der Waals surface area contributed by atoms with Gasteiger partial charge in [-0.3, -0.25) is 4.79 Å². The van der Waals surface area contributed by atoms with E-state index < -0.39 is 10.0 Å². The Kier molecular flexibility index (Phi) is 6.10. The zero-order valence-corrected chi connectivity index (χ0v) is 23.1. The highest BCUT2D eigenvalue weighted by molar-refractivity contribution is 7.89. The maximum atomic E-state index is 13.5. The average molecular weight is 568 g/mol. The second-order valence-electron chi connectivity index (χ2n) is 9.84. The Bertz CT molecular complexity index is 2090. The predicted octanol–water partition coefficient (Wildman–Crippen LogP) is 4.48. The fourth-order valence-corrected chi connectivity index (χ4v) is 7.78. The SMILES string of the molecule is O=c1/c(=C/c2cn(-c3ccccc3)nc2-c2cccc(S(=O)(=O)N3CCCCC3)c2)sc2nc3ccccc3n12. The van der Waals surface area contributed by atoms with Gasteiger partial charge in [-0.1, -0.05) is 60.2 Å². The maximum Gasteiger partial charge on any atom is 0.274 e. The normalized spacial score (nSPS) is 15.3. The third kappa shape index (κ3) is 4.25. The molecule has 0 unspecified atom stereocenters. The second-order valence-corrected chi connectivity index (χ2v) is 12.8. The van der Waals surface area contributed by atoms with E-state index in [9.17, 15) is 13.2 Å². The molecule has 0 atom stereocenters. The van der Waals surface area contributed by atoms with Gasteiger partial charge in [0.15, 0.2) is 4.96 Å². The molecule has 0 N–H and O–H groups in total. The number of benzene rings is 3. The van der Waals surface area contributed by atoms with Crippen LogP contribution >= 0.6 is 11.3 Å². The van der Waals surface area contributed by atoms with Crippen LogP contribution in [0.25, 0.3) is 39.0 Å². The van der Waals surface area contributed by atoms with E-state index >= 15 is 0 Å². The summed E-state index contributed by atoms with van der Waals surface area (Å²) in [5.41, 5.74) is 4.23. The first kappa shape index (κ1) is 24.9. The summed E-state index contributed by atoms with van der Waals surface area (Å²) in [5, 5.41) is 4.86. The van der Waals surface area contributed by atoms with Crippen LogP contribution in [0.1, 0.15) is 24.8 Å². The number of hydrogen-bond donors (Lipinski definition) is 0. The molecule has 1 saturated heterocycles. The highest BCUT2D eigenvalue weighted by Crippen LogP contribution is 2.29. The summed E-state index contributed by atoms with van der Waals surface area (Å²) >= 11 is 1.32. The molecule has 10 heteroatoms. The quantitative estimate of drug-likeness (QED) is 0.306. The first-order valence-corrected chi connectivity index (χ1v) is 15.4. The van der Waals surface area contributed by atoms with Crippen LogP contribution in [-0.4, -0.2) is 45.0 Å². The highest BCUT2D eigenvalue weighted by atomic mass is 32.2. The summed E-state index contributed by atoms with van der Waals surface area (Å²) in [7, 11) is -3.62. The Hall–Kier alpha value is -4.12. The van der Waals surface area contributed by atoms with Gasteiger partial charge in [0.25, 0.3) is 5.56 Å². The van der Waals surface area contributed by atoms with Crippen LogP contribution in [0.5, 0.6) is 0 Å². The molecular formula is C30H25N5O3S2. The fourth-order valence-electron chi connectivity index (χ4n) is 5.24. The van der Waals surface area contributed by atoms with Crippen molar-refractivity contribution in [3.8, 4) is 16.9 Å². The van der Waals surface area contributed by atoms with Crippen LogP contribution in [0.4, 0.5) is 0 Å². The molecule has 1 aliphatic heterocycles. The summed E-state index contributed by atoms with van der Waals surface area (Å²) in [6, 6.07) is 24.2. The van der Waals surface area contributed by atoms with Gasteiger partial charge < -0.3 is 0 Å². The van der Waals surface area contributed by atoms with E-state index in [1.165, 1.54) is 11.3 Å². The lowest BCUT2D eigenvalue weighted by molar-refractivity contribution is 0.346. The van der Waals surface area contributed by atoms with Gasteiger partial charge in [0.1, 0.15) is 5.69 Å². The molecule has 0 bridgehead atoms. The Balaban J connectivity index is 1.39. The number of hydrogen-bond acceptors (Lipinski definition) is 6. The van der Waals surface area contributed by atoms with Gasteiger partial charge in [0, 0.05) is 30.4 Å². The van der Waals surface area contributed by atoms with Gasteiger partial charge in [-0.05, 0) is 55.3 Å². The van der Waals surface area contributed by atoms with Gasteiger partial charge in [0.05, 0.1) is 26.1 Å². The van der Waals surface area contributed by atoms with Gasteiger partial charge in [-0.2, -0.15) is 9.40 Å². The molecule has 1 fully saturated rings. The molecular weight excluding hydrogens is 542 g/mol. The van der Waals surface area contributed by atoms with E-state index in [4.69, 9.17) is 5.10 Å². The summed E-state index contributed by atoms with van der Waals surface area (Å²) in [4.78, 5) is 19.0. The number of thiazole rings is 1. The van der Waals surface area contributed by atoms with E-state index in [0.717, 1.165) is 36.0 Å². The first-order valence-electron chi connectivity index (χ1n) is 13.2. The molecule has 0 aliphatic carbocycles. The van der Waals surface area contributed by atoms with Crippen molar-refractivity contribution in [3.05, 3.63) is 106 Å². The number of para-hydroxylation sites is 3. The van der Waals surface area contributed by atoms with Gasteiger partial charge in [-0.25, -0.2) is 22.5 Å². The Labute approximate surface area is 234 Å². The van der Waals surface area contributed by atoms with Crippen molar-refractivity contribution in [2.24, 2.45) is 0 Å². The van der Waals surface area contributed by atoms with Crippen LogP contribution in [0.3, 0.4) is 0 Å². The molecule has 8 nitrogen and oxygen atoms in total. The number of piperidine rings is 1. The standard InChI is InChI=1S/C30H25N5O3S2/c36-29-27(39-30-31-25-14-5-6-15-26(25)35(29)30)19-22-20-34(23-11-3-1-4-12-23)32-28(22)21-10-9-13-24(18-21)40(37,38)33-16-7-2-8-17-33/h1,3-6,9-15,18-20H,2,7-8,16-17H2/b27-19-. The molecule has 0 saturated carbocycles. The van der Waals surface area contributed by atoms with Crippen molar-refractivity contribution in [1.82, 2.24) is 23.5 Å². The highest BCUT2D eigenvalue weighted by Gasteiger charge is 2.26. The molecule has 7 rings (SSSR count). The Morgan fingerprint density at radius 2 is 1.65 bits per heavy atom. The van der Waals surface area contributed by atoms with Crippen LogP contribution in [0.2, 0.25) is 0 Å². The molecule has 40 heavy (non-hydrogen) atoms. The molecule has 3 aromatic heterocycles. The zero-order chi connectivity index (χ0) is 27.3. The first-order chi connectivity index (χ1) is 19.5. The average Bonchev–Trinajstić information content (AvgIpc) is 3.67.